The summed E-state index contributed by atoms with van der Waals surface area (Å²) in [5, 5.41) is 0.892. The molecule has 0 radical (unpaired) electrons. The number of fused-ring (bicyclic) bond motifs is 2. The summed E-state index contributed by atoms with van der Waals surface area (Å²) in [4.78, 5) is 2.53. The summed E-state index contributed by atoms with van der Waals surface area (Å²) in [6, 6.07) is 6.92. The molecule has 2 unspecified atom stereocenters. The Hall–Kier alpha value is -0.730. The number of nitrogens with zero attached hydrogens (tertiary/aromatic N) is 1. The molecule has 1 saturated carbocycles. The maximum Gasteiger partial charge on any atom is 0.0642 e. The van der Waals surface area contributed by atoms with Gasteiger partial charge in [-0.15, -0.1) is 0 Å². The average Bonchev–Trinajstić information content (AvgIpc) is 2.91. The molecule has 1 saturated heterocycles. The molecule has 0 aromatic heterocycles. The largest absolute Gasteiger partial charge is 0.367 e. The summed E-state index contributed by atoms with van der Waals surface area (Å²) < 4.78 is 0. The summed E-state index contributed by atoms with van der Waals surface area (Å²) >= 11 is 6.40. The number of hydrogen-bond acceptors (Lipinski definition) is 2. The van der Waals surface area contributed by atoms with E-state index in [1.807, 2.05) is 12.1 Å². The number of nitrogens with two attached hydrogens (primary N) is 1. The first kappa shape index (κ1) is 11.4. The van der Waals surface area contributed by atoms with Crippen LogP contribution in [0, 0.1) is 5.92 Å². The first-order valence-electron chi connectivity index (χ1n) is 6.53. The molecule has 0 amide bonds. The molecule has 1 aromatic carbocycles. The summed E-state index contributed by atoms with van der Waals surface area (Å²) in [6.07, 6.45) is 5.01. The molecule has 2 atom stereocenters. The summed E-state index contributed by atoms with van der Waals surface area (Å²) in [7, 11) is 0. The smallest absolute Gasteiger partial charge is 0.0642 e. The van der Waals surface area contributed by atoms with Gasteiger partial charge in [0.25, 0.3) is 0 Å². The normalized spacial score (nSPS) is 26.8. The Morgan fingerprint density at radius 2 is 2.24 bits per heavy atom. The van der Waals surface area contributed by atoms with Crippen LogP contribution in [-0.4, -0.2) is 19.1 Å². The van der Waals surface area contributed by atoms with E-state index < -0.39 is 0 Å². The van der Waals surface area contributed by atoms with Gasteiger partial charge in [-0.05, 0) is 49.8 Å². The molecule has 3 heteroatoms. The molecule has 2 N–H and O–H groups in total. The van der Waals surface area contributed by atoms with E-state index in [-0.39, 0.29) is 0 Å². The van der Waals surface area contributed by atoms with E-state index in [2.05, 4.69) is 11.0 Å². The molecular weight excluding hydrogens is 232 g/mol. The van der Waals surface area contributed by atoms with Crippen molar-refractivity contribution in [3.05, 3.63) is 28.8 Å². The fourth-order valence-corrected chi connectivity index (χ4v) is 3.74. The van der Waals surface area contributed by atoms with Crippen molar-refractivity contribution in [2.45, 2.75) is 31.7 Å². The summed E-state index contributed by atoms with van der Waals surface area (Å²) in [5.74, 6) is 0.891. The standard InChI is InChI=1S/C14H19ClN2/c15-13-3-1-2-11(6-7-16)14(13)17-9-10-4-5-12(17)8-10/h1-3,10,12H,4-9,16H2. The SMILES string of the molecule is NCCc1cccc(Cl)c1N1CC2CCC1C2. The topological polar surface area (TPSA) is 29.3 Å². The highest BCUT2D eigenvalue weighted by atomic mass is 35.5. The van der Waals surface area contributed by atoms with Crippen molar-refractivity contribution in [3.8, 4) is 0 Å². The van der Waals surface area contributed by atoms with Crippen molar-refractivity contribution in [2.24, 2.45) is 11.7 Å². The van der Waals surface area contributed by atoms with Crippen LogP contribution < -0.4 is 10.6 Å². The number of piperidine rings is 1. The van der Waals surface area contributed by atoms with Gasteiger partial charge in [-0.3, -0.25) is 0 Å². The molecule has 17 heavy (non-hydrogen) atoms. The highest BCUT2D eigenvalue weighted by Crippen LogP contribution is 2.43. The van der Waals surface area contributed by atoms with Crippen LogP contribution in [0.1, 0.15) is 24.8 Å². The predicted molar refractivity (Wildman–Crippen MR) is 72.7 cm³/mol. The molecule has 2 fully saturated rings. The van der Waals surface area contributed by atoms with Crippen LogP contribution in [-0.2, 0) is 6.42 Å². The molecule has 2 nitrogen and oxygen atoms in total. The minimum Gasteiger partial charge on any atom is -0.367 e. The van der Waals surface area contributed by atoms with Gasteiger partial charge in [-0.1, -0.05) is 23.7 Å². The average molecular weight is 251 g/mol. The quantitative estimate of drug-likeness (QED) is 0.894. The molecule has 3 rings (SSSR count). The minimum absolute atomic E-state index is 0.690. The van der Waals surface area contributed by atoms with Crippen LogP contribution in [0.2, 0.25) is 5.02 Å². The molecule has 2 bridgehead atoms. The number of para-hydroxylation sites is 1. The van der Waals surface area contributed by atoms with Gasteiger partial charge >= 0.3 is 0 Å². The zero-order valence-electron chi connectivity index (χ0n) is 10.0. The molecule has 1 heterocycles. The molecule has 92 valence electrons. The maximum absolute atomic E-state index is 6.40. The van der Waals surface area contributed by atoms with Crippen molar-refractivity contribution >= 4 is 17.3 Å². The highest BCUT2D eigenvalue weighted by Gasteiger charge is 2.39. The lowest BCUT2D eigenvalue weighted by molar-refractivity contribution is 0.552. The fraction of sp³-hybridized carbons (Fsp3) is 0.571. The van der Waals surface area contributed by atoms with Crippen molar-refractivity contribution < 1.29 is 0 Å². The van der Waals surface area contributed by atoms with Crippen molar-refractivity contribution in [1.29, 1.82) is 0 Å². The minimum atomic E-state index is 0.690. The second kappa shape index (κ2) is 4.51. The van der Waals surface area contributed by atoms with Gasteiger partial charge in [-0.2, -0.15) is 0 Å². The molecule has 1 aromatic rings. The Labute approximate surface area is 108 Å². The number of benzene rings is 1. The van der Waals surface area contributed by atoms with Gasteiger partial charge in [0, 0.05) is 12.6 Å². The molecule has 1 aliphatic carbocycles. The Morgan fingerprint density at radius 3 is 2.88 bits per heavy atom. The fourth-order valence-electron chi connectivity index (χ4n) is 3.44. The molecule has 0 spiro atoms. The Bertz CT molecular complexity index is 419. The molecule has 2 aliphatic rings. The summed E-state index contributed by atoms with van der Waals surface area (Å²) in [5.41, 5.74) is 8.26. The van der Waals surface area contributed by atoms with E-state index in [4.69, 9.17) is 17.3 Å². The third-order valence-electron chi connectivity index (χ3n) is 4.18. The lowest BCUT2D eigenvalue weighted by Gasteiger charge is -2.31. The Morgan fingerprint density at radius 1 is 1.35 bits per heavy atom. The summed E-state index contributed by atoms with van der Waals surface area (Å²) in [6.45, 7) is 1.88. The highest BCUT2D eigenvalue weighted by molar-refractivity contribution is 6.33. The van der Waals surface area contributed by atoms with Gasteiger partial charge in [0.05, 0.1) is 10.7 Å². The Kier molecular flexibility index (Phi) is 3.01. The van der Waals surface area contributed by atoms with E-state index in [0.717, 1.165) is 23.4 Å². The molecule has 1 aliphatic heterocycles. The third kappa shape index (κ3) is 1.94. The van der Waals surface area contributed by atoms with Gasteiger partial charge in [-0.25, -0.2) is 0 Å². The van der Waals surface area contributed by atoms with Crippen LogP contribution in [0.5, 0.6) is 0 Å². The van der Waals surface area contributed by atoms with Crippen LogP contribution in [0.3, 0.4) is 0 Å². The zero-order valence-corrected chi connectivity index (χ0v) is 10.8. The zero-order chi connectivity index (χ0) is 11.8. The number of rotatable bonds is 3. The van der Waals surface area contributed by atoms with Gasteiger partial charge in [0.2, 0.25) is 0 Å². The predicted octanol–water partition coefficient (Wildman–Crippen LogP) is 2.83. The molecular formula is C14H19ClN2. The third-order valence-corrected chi connectivity index (χ3v) is 4.49. The van der Waals surface area contributed by atoms with Gasteiger partial charge < -0.3 is 10.6 Å². The van der Waals surface area contributed by atoms with E-state index in [0.29, 0.717) is 6.54 Å². The second-order valence-corrected chi connectivity index (χ2v) is 5.68. The van der Waals surface area contributed by atoms with Crippen molar-refractivity contribution in [1.82, 2.24) is 0 Å². The number of halogens is 1. The van der Waals surface area contributed by atoms with E-state index >= 15 is 0 Å². The Balaban J connectivity index is 1.96. The lowest BCUT2D eigenvalue weighted by atomic mass is 10.1. The van der Waals surface area contributed by atoms with Crippen LogP contribution >= 0.6 is 11.6 Å². The van der Waals surface area contributed by atoms with E-state index in [1.165, 1.54) is 37.1 Å². The van der Waals surface area contributed by atoms with Crippen molar-refractivity contribution in [3.63, 3.8) is 0 Å². The van der Waals surface area contributed by atoms with Crippen LogP contribution in [0.15, 0.2) is 18.2 Å². The van der Waals surface area contributed by atoms with Gasteiger partial charge in [0.15, 0.2) is 0 Å². The monoisotopic (exact) mass is 250 g/mol. The second-order valence-electron chi connectivity index (χ2n) is 5.27. The number of anilines is 1. The first-order valence-corrected chi connectivity index (χ1v) is 6.91. The first-order chi connectivity index (χ1) is 8.29. The van der Waals surface area contributed by atoms with Crippen LogP contribution in [0.25, 0.3) is 0 Å². The van der Waals surface area contributed by atoms with E-state index in [9.17, 15) is 0 Å². The van der Waals surface area contributed by atoms with Crippen molar-refractivity contribution in [2.75, 3.05) is 18.0 Å². The van der Waals surface area contributed by atoms with Crippen LogP contribution in [0.4, 0.5) is 5.69 Å². The van der Waals surface area contributed by atoms with E-state index in [1.54, 1.807) is 0 Å². The maximum atomic E-state index is 6.40. The number of hydrogen-bond donors (Lipinski definition) is 1. The lowest BCUT2D eigenvalue weighted by Crippen LogP contribution is -2.33. The van der Waals surface area contributed by atoms with Gasteiger partial charge in [0.1, 0.15) is 0 Å².